The molecule has 0 heterocycles. The molecule has 0 bridgehead atoms. The molecule has 1 aromatic rings. The van der Waals surface area contributed by atoms with Crippen molar-refractivity contribution >= 4 is 23.0 Å². The Morgan fingerprint density at radius 1 is 1.50 bits per heavy atom. The molecule has 0 saturated carbocycles. The van der Waals surface area contributed by atoms with Crippen molar-refractivity contribution in [3.63, 3.8) is 0 Å². The zero-order valence-corrected chi connectivity index (χ0v) is 7.86. The smallest absolute Gasteiger partial charge is 0.0582 e. The highest BCUT2D eigenvalue weighted by molar-refractivity contribution is 6.18. The molecule has 3 N–H and O–H groups in total. The van der Waals surface area contributed by atoms with Gasteiger partial charge in [0.1, 0.15) is 0 Å². The average molecular weight is 185 g/mol. The fourth-order valence-electron chi connectivity index (χ4n) is 1.15. The van der Waals surface area contributed by atoms with Crippen LogP contribution in [0.3, 0.4) is 0 Å². The Morgan fingerprint density at radius 2 is 2.25 bits per heavy atom. The first-order valence-electron chi connectivity index (χ1n) is 3.90. The van der Waals surface area contributed by atoms with Gasteiger partial charge >= 0.3 is 0 Å². The summed E-state index contributed by atoms with van der Waals surface area (Å²) in [6, 6.07) is 5.93. The fraction of sp³-hybridized carbons (Fsp3) is 0.333. The van der Waals surface area contributed by atoms with Crippen LogP contribution in [-0.2, 0) is 6.42 Å². The number of benzene rings is 1. The lowest BCUT2D eigenvalue weighted by atomic mass is 10.1. The fourth-order valence-corrected chi connectivity index (χ4v) is 1.35. The summed E-state index contributed by atoms with van der Waals surface area (Å²) in [7, 11) is 1.86. The van der Waals surface area contributed by atoms with E-state index in [2.05, 4.69) is 5.32 Å². The van der Waals surface area contributed by atoms with E-state index in [0.717, 1.165) is 23.4 Å². The number of nitrogens with one attached hydrogen (secondary N) is 1. The van der Waals surface area contributed by atoms with Crippen LogP contribution in [0.5, 0.6) is 0 Å². The minimum atomic E-state index is 0.608. The quantitative estimate of drug-likeness (QED) is 0.558. The highest BCUT2D eigenvalue weighted by atomic mass is 35.5. The Labute approximate surface area is 77.7 Å². The van der Waals surface area contributed by atoms with Gasteiger partial charge in [-0.3, -0.25) is 0 Å². The summed E-state index contributed by atoms with van der Waals surface area (Å²) in [4.78, 5) is 0. The Balaban J connectivity index is 2.97. The zero-order chi connectivity index (χ0) is 8.97. The third kappa shape index (κ3) is 1.83. The van der Waals surface area contributed by atoms with E-state index in [4.69, 9.17) is 17.3 Å². The van der Waals surface area contributed by atoms with Gasteiger partial charge in [-0.1, -0.05) is 12.1 Å². The van der Waals surface area contributed by atoms with E-state index in [1.807, 2.05) is 25.2 Å². The number of nitrogens with two attached hydrogens (primary N) is 1. The summed E-state index contributed by atoms with van der Waals surface area (Å²) in [5.74, 6) is 0.608. The number of para-hydroxylation sites is 1. The molecule has 0 amide bonds. The van der Waals surface area contributed by atoms with Crippen molar-refractivity contribution < 1.29 is 0 Å². The van der Waals surface area contributed by atoms with E-state index in [1.165, 1.54) is 0 Å². The lowest BCUT2D eigenvalue weighted by Crippen LogP contribution is -2.00. The molecule has 0 fully saturated rings. The summed E-state index contributed by atoms with van der Waals surface area (Å²) in [6.45, 7) is 0. The van der Waals surface area contributed by atoms with Crippen LogP contribution in [0.25, 0.3) is 0 Å². The summed E-state index contributed by atoms with van der Waals surface area (Å²) < 4.78 is 0. The molecular formula is C9H13ClN2. The molecule has 12 heavy (non-hydrogen) atoms. The van der Waals surface area contributed by atoms with Crippen LogP contribution in [0.15, 0.2) is 18.2 Å². The molecule has 2 nitrogen and oxygen atoms in total. The number of aryl methyl sites for hydroxylation is 1. The van der Waals surface area contributed by atoms with Crippen LogP contribution in [0.1, 0.15) is 5.56 Å². The predicted octanol–water partition coefficient (Wildman–Crippen LogP) is 2.09. The van der Waals surface area contributed by atoms with Crippen LogP contribution < -0.4 is 11.1 Å². The molecule has 0 aliphatic heterocycles. The number of hydrogen-bond donors (Lipinski definition) is 2. The first kappa shape index (κ1) is 9.20. The van der Waals surface area contributed by atoms with Gasteiger partial charge in [-0.15, -0.1) is 11.6 Å². The normalized spacial score (nSPS) is 9.83. The van der Waals surface area contributed by atoms with E-state index in [9.17, 15) is 0 Å². The molecule has 0 aliphatic carbocycles. The van der Waals surface area contributed by atoms with Gasteiger partial charge in [0, 0.05) is 12.9 Å². The Morgan fingerprint density at radius 3 is 2.83 bits per heavy atom. The summed E-state index contributed by atoms with van der Waals surface area (Å²) in [5, 5.41) is 3.03. The minimum absolute atomic E-state index is 0.608. The summed E-state index contributed by atoms with van der Waals surface area (Å²) >= 11 is 5.63. The Kier molecular flexibility index (Phi) is 3.23. The van der Waals surface area contributed by atoms with Crippen molar-refractivity contribution in [2.45, 2.75) is 6.42 Å². The van der Waals surface area contributed by atoms with Gasteiger partial charge < -0.3 is 11.1 Å². The Hall–Kier alpha value is -0.890. The second-order valence-electron chi connectivity index (χ2n) is 2.57. The lowest BCUT2D eigenvalue weighted by Gasteiger charge is -2.08. The van der Waals surface area contributed by atoms with E-state index < -0.39 is 0 Å². The van der Waals surface area contributed by atoms with Crippen LogP contribution in [0.4, 0.5) is 11.4 Å². The van der Waals surface area contributed by atoms with Gasteiger partial charge in [0.05, 0.1) is 11.4 Å². The standard InChI is InChI=1S/C9H13ClN2/c1-12-8-4-2-3-7(5-6-10)9(8)11/h2-4,12H,5-6,11H2,1H3. The minimum Gasteiger partial charge on any atom is -0.397 e. The summed E-state index contributed by atoms with van der Waals surface area (Å²) in [5.41, 5.74) is 8.74. The van der Waals surface area contributed by atoms with Gasteiger partial charge in [0.2, 0.25) is 0 Å². The van der Waals surface area contributed by atoms with Crippen molar-refractivity contribution in [1.29, 1.82) is 0 Å². The maximum Gasteiger partial charge on any atom is 0.0582 e. The van der Waals surface area contributed by atoms with Crippen molar-refractivity contribution in [2.75, 3.05) is 24.0 Å². The van der Waals surface area contributed by atoms with Gasteiger partial charge in [0.15, 0.2) is 0 Å². The highest BCUT2D eigenvalue weighted by Gasteiger charge is 2.01. The number of rotatable bonds is 3. The first-order valence-corrected chi connectivity index (χ1v) is 4.44. The zero-order valence-electron chi connectivity index (χ0n) is 7.10. The first-order chi connectivity index (χ1) is 5.79. The van der Waals surface area contributed by atoms with Crippen molar-refractivity contribution in [3.05, 3.63) is 23.8 Å². The van der Waals surface area contributed by atoms with E-state index in [-0.39, 0.29) is 0 Å². The molecule has 66 valence electrons. The van der Waals surface area contributed by atoms with Gasteiger partial charge in [0.25, 0.3) is 0 Å². The van der Waals surface area contributed by atoms with E-state index >= 15 is 0 Å². The molecular weight excluding hydrogens is 172 g/mol. The monoisotopic (exact) mass is 184 g/mol. The van der Waals surface area contributed by atoms with Crippen molar-refractivity contribution in [2.24, 2.45) is 0 Å². The molecule has 0 aromatic heterocycles. The van der Waals surface area contributed by atoms with E-state index in [0.29, 0.717) is 5.88 Å². The molecule has 0 unspecified atom stereocenters. The second kappa shape index (κ2) is 4.21. The largest absolute Gasteiger partial charge is 0.397 e. The van der Waals surface area contributed by atoms with Crippen LogP contribution >= 0.6 is 11.6 Å². The maximum absolute atomic E-state index is 5.86. The Bertz CT molecular complexity index is 261. The predicted molar refractivity (Wildman–Crippen MR) is 54.8 cm³/mol. The molecule has 1 rings (SSSR count). The second-order valence-corrected chi connectivity index (χ2v) is 2.95. The van der Waals surface area contributed by atoms with Gasteiger partial charge in [-0.2, -0.15) is 0 Å². The average Bonchev–Trinajstić information content (AvgIpc) is 2.09. The van der Waals surface area contributed by atoms with Crippen molar-refractivity contribution in [1.82, 2.24) is 0 Å². The maximum atomic E-state index is 5.86. The molecule has 0 atom stereocenters. The van der Waals surface area contributed by atoms with E-state index in [1.54, 1.807) is 0 Å². The van der Waals surface area contributed by atoms with Crippen molar-refractivity contribution in [3.8, 4) is 0 Å². The topological polar surface area (TPSA) is 38.0 Å². The third-order valence-corrected chi connectivity index (χ3v) is 2.02. The van der Waals surface area contributed by atoms with Crippen LogP contribution in [0.2, 0.25) is 0 Å². The number of halogens is 1. The highest BCUT2D eigenvalue weighted by Crippen LogP contribution is 2.22. The molecule has 0 spiro atoms. The van der Waals surface area contributed by atoms with Crippen LogP contribution in [0, 0.1) is 0 Å². The van der Waals surface area contributed by atoms with Gasteiger partial charge in [-0.25, -0.2) is 0 Å². The molecule has 0 aliphatic rings. The molecule has 3 heteroatoms. The van der Waals surface area contributed by atoms with Crippen LogP contribution in [-0.4, -0.2) is 12.9 Å². The number of nitrogen functional groups attached to an aromatic ring is 1. The molecule has 0 radical (unpaired) electrons. The number of hydrogen-bond acceptors (Lipinski definition) is 2. The SMILES string of the molecule is CNc1cccc(CCCl)c1N. The number of alkyl halides is 1. The summed E-state index contributed by atoms with van der Waals surface area (Å²) in [6.07, 6.45) is 0.822. The third-order valence-electron chi connectivity index (χ3n) is 1.83. The molecule has 0 saturated heterocycles. The molecule has 1 aromatic carbocycles. The van der Waals surface area contributed by atoms with Gasteiger partial charge in [-0.05, 0) is 18.1 Å². The lowest BCUT2D eigenvalue weighted by molar-refractivity contribution is 1.15. The number of anilines is 2.